The average molecular weight is 256 g/mol. The second-order valence-electron chi connectivity index (χ2n) is 5.21. The highest BCUT2D eigenvalue weighted by molar-refractivity contribution is 5.80. The molecule has 0 aromatic heterocycles. The van der Waals surface area contributed by atoms with Crippen LogP contribution in [-0.2, 0) is 14.3 Å². The van der Waals surface area contributed by atoms with E-state index in [1.54, 1.807) is 0 Å². The van der Waals surface area contributed by atoms with Gasteiger partial charge < -0.3 is 20.9 Å². The first kappa shape index (κ1) is 13.3. The first-order valence-corrected chi connectivity index (χ1v) is 6.44. The van der Waals surface area contributed by atoms with E-state index in [1.807, 2.05) is 0 Å². The van der Waals surface area contributed by atoms with Gasteiger partial charge in [0.15, 0.2) is 0 Å². The predicted molar refractivity (Wildman–Crippen MR) is 63.8 cm³/mol. The lowest BCUT2D eigenvalue weighted by atomic mass is 9.85. The summed E-state index contributed by atoms with van der Waals surface area (Å²) in [5, 5.41) is 11.8. The van der Waals surface area contributed by atoms with E-state index >= 15 is 0 Å². The zero-order valence-corrected chi connectivity index (χ0v) is 10.3. The summed E-state index contributed by atoms with van der Waals surface area (Å²) in [6.45, 7) is 0.463. The Morgan fingerprint density at radius 1 is 1.17 bits per heavy atom. The number of carbonyl (C=O) groups excluding carboxylic acids is 1. The van der Waals surface area contributed by atoms with Gasteiger partial charge in [0.2, 0.25) is 5.91 Å². The summed E-state index contributed by atoms with van der Waals surface area (Å²) in [6, 6.07) is -0.193. The Labute approximate surface area is 106 Å². The number of carbonyl (C=O) groups is 2. The van der Waals surface area contributed by atoms with Crippen molar-refractivity contribution >= 4 is 11.9 Å². The molecule has 0 aromatic carbocycles. The fourth-order valence-electron chi connectivity index (χ4n) is 2.62. The van der Waals surface area contributed by atoms with E-state index in [4.69, 9.17) is 15.6 Å². The SMILES string of the molecule is NC1CCC(C(=O)NC2COCC2C(=O)O)CC1. The summed E-state index contributed by atoms with van der Waals surface area (Å²) < 4.78 is 5.12. The predicted octanol–water partition coefficient (Wildman–Crippen LogP) is -0.280. The third-order valence-electron chi connectivity index (χ3n) is 3.87. The molecule has 1 aliphatic heterocycles. The van der Waals surface area contributed by atoms with E-state index in [0.717, 1.165) is 25.7 Å². The molecular weight excluding hydrogens is 236 g/mol. The largest absolute Gasteiger partial charge is 0.481 e. The molecule has 2 rings (SSSR count). The molecule has 2 unspecified atom stereocenters. The van der Waals surface area contributed by atoms with Crippen LogP contribution in [0.1, 0.15) is 25.7 Å². The lowest BCUT2D eigenvalue weighted by molar-refractivity contribution is -0.142. The van der Waals surface area contributed by atoms with Crippen molar-refractivity contribution in [3.63, 3.8) is 0 Å². The second-order valence-corrected chi connectivity index (χ2v) is 5.21. The highest BCUT2D eigenvalue weighted by atomic mass is 16.5. The minimum atomic E-state index is -0.913. The van der Waals surface area contributed by atoms with E-state index in [1.165, 1.54) is 0 Å². The van der Waals surface area contributed by atoms with Crippen LogP contribution in [0.5, 0.6) is 0 Å². The molecule has 2 aliphatic rings. The van der Waals surface area contributed by atoms with Crippen molar-refractivity contribution in [2.24, 2.45) is 17.6 Å². The number of nitrogens with one attached hydrogen (secondary N) is 1. The Hall–Kier alpha value is -1.14. The minimum Gasteiger partial charge on any atom is -0.481 e. The number of ether oxygens (including phenoxy) is 1. The Balaban J connectivity index is 1.85. The van der Waals surface area contributed by atoms with Gasteiger partial charge in [-0.25, -0.2) is 0 Å². The number of amides is 1. The molecule has 1 saturated heterocycles. The Morgan fingerprint density at radius 3 is 2.44 bits per heavy atom. The van der Waals surface area contributed by atoms with Crippen LogP contribution in [0.3, 0.4) is 0 Å². The van der Waals surface area contributed by atoms with Crippen LogP contribution in [0.2, 0.25) is 0 Å². The molecule has 0 spiro atoms. The maximum absolute atomic E-state index is 12.0. The summed E-state index contributed by atoms with van der Waals surface area (Å²) in [7, 11) is 0. The Bertz CT molecular complexity index is 326. The zero-order chi connectivity index (χ0) is 13.1. The van der Waals surface area contributed by atoms with Gasteiger partial charge in [0.1, 0.15) is 5.92 Å². The van der Waals surface area contributed by atoms with Gasteiger partial charge in [-0.2, -0.15) is 0 Å². The summed E-state index contributed by atoms with van der Waals surface area (Å²) in [5.74, 6) is -1.62. The van der Waals surface area contributed by atoms with E-state index in [-0.39, 0.29) is 31.1 Å². The number of nitrogens with two attached hydrogens (primary N) is 1. The van der Waals surface area contributed by atoms with Gasteiger partial charge in [-0.3, -0.25) is 9.59 Å². The standard InChI is InChI=1S/C12H20N2O4/c13-8-3-1-7(2-4-8)11(15)14-10-6-18-5-9(10)12(16)17/h7-10H,1-6,13H2,(H,14,15)(H,16,17). The molecule has 1 amide bonds. The van der Waals surface area contributed by atoms with E-state index in [0.29, 0.717) is 0 Å². The van der Waals surface area contributed by atoms with Crippen LogP contribution in [0.4, 0.5) is 0 Å². The topological polar surface area (TPSA) is 102 Å². The first-order chi connectivity index (χ1) is 8.58. The third kappa shape index (κ3) is 3.00. The molecule has 1 aliphatic carbocycles. The van der Waals surface area contributed by atoms with Crippen molar-refractivity contribution in [2.75, 3.05) is 13.2 Å². The summed E-state index contributed by atoms with van der Waals surface area (Å²) in [5.41, 5.74) is 5.79. The molecule has 2 atom stereocenters. The minimum absolute atomic E-state index is 0.0279. The quantitative estimate of drug-likeness (QED) is 0.644. The molecule has 1 heterocycles. The third-order valence-corrected chi connectivity index (χ3v) is 3.87. The van der Waals surface area contributed by atoms with Crippen LogP contribution >= 0.6 is 0 Å². The highest BCUT2D eigenvalue weighted by Crippen LogP contribution is 2.24. The van der Waals surface area contributed by atoms with Crippen molar-refractivity contribution in [1.82, 2.24) is 5.32 Å². The Morgan fingerprint density at radius 2 is 1.83 bits per heavy atom. The molecule has 6 heteroatoms. The van der Waals surface area contributed by atoms with E-state index in [9.17, 15) is 9.59 Å². The van der Waals surface area contributed by atoms with Gasteiger partial charge in [-0.15, -0.1) is 0 Å². The van der Waals surface area contributed by atoms with Crippen molar-refractivity contribution in [3.05, 3.63) is 0 Å². The van der Waals surface area contributed by atoms with Crippen LogP contribution < -0.4 is 11.1 Å². The number of aliphatic carboxylic acids is 1. The van der Waals surface area contributed by atoms with E-state index < -0.39 is 17.9 Å². The molecule has 102 valence electrons. The summed E-state index contributed by atoms with van der Waals surface area (Å²) in [4.78, 5) is 23.0. The van der Waals surface area contributed by atoms with Crippen molar-refractivity contribution in [2.45, 2.75) is 37.8 Å². The smallest absolute Gasteiger partial charge is 0.311 e. The molecule has 4 N–H and O–H groups in total. The van der Waals surface area contributed by atoms with Gasteiger partial charge >= 0.3 is 5.97 Å². The van der Waals surface area contributed by atoms with Gasteiger partial charge in [0, 0.05) is 12.0 Å². The normalized spacial score (nSPS) is 36.3. The fourth-order valence-corrected chi connectivity index (χ4v) is 2.62. The molecule has 18 heavy (non-hydrogen) atoms. The van der Waals surface area contributed by atoms with Crippen LogP contribution in [0.15, 0.2) is 0 Å². The molecular formula is C12H20N2O4. The highest BCUT2D eigenvalue weighted by Gasteiger charge is 2.36. The number of carboxylic acids is 1. The maximum atomic E-state index is 12.0. The maximum Gasteiger partial charge on any atom is 0.311 e. The molecule has 6 nitrogen and oxygen atoms in total. The zero-order valence-electron chi connectivity index (χ0n) is 10.3. The molecule has 1 saturated carbocycles. The van der Waals surface area contributed by atoms with Crippen LogP contribution in [0, 0.1) is 11.8 Å². The van der Waals surface area contributed by atoms with Crippen LogP contribution in [-0.4, -0.2) is 42.3 Å². The van der Waals surface area contributed by atoms with Crippen molar-refractivity contribution < 1.29 is 19.4 Å². The average Bonchev–Trinajstić information content (AvgIpc) is 2.78. The number of rotatable bonds is 3. The second kappa shape index (κ2) is 5.67. The molecule has 0 bridgehead atoms. The van der Waals surface area contributed by atoms with Gasteiger partial charge in [-0.1, -0.05) is 0 Å². The van der Waals surface area contributed by atoms with Crippen molar-refractivity contribution in [3.8, 4) is 0 Å². The number of hydrogen-bond acceptors (Lipinski definition) is 4. The lowest BCUT2D eigenvalue weighted by Gasteiger charge is -2.26. The number of hydrogen-bond donors (Lipinski definition) is 3. The molecule has 0 aromatic rings. The Kier molecular flexibility index (Phi) is 4.19. The monoisotopic (exact) mass is 256 g/mol. The summed E-state index contributed by atoms with van der Waals surface area (Å²) in [6.07, 6.45) is 3.31. The summed E-state index contributed by atoms with van der Waals surface area (Å²) >= 11 is 0. The van der Waals surface area contributed by atoms with E-state index in [2.05, 4.69) is 5.32 Å². The van der Waals surface area contributed by atoms with Gasteiger partial charge in [0.25, 0.3) is 0 Å². The lowest BCUT2D eigenvalue weighted by Crippen LogP contribution is -2.46. The molecule has 0 radical (unpaired) electrons. The van der Waals surface area contributed by atoms with Gasteiger partial charge in [-0.05, 0) is 25.7 Å². The van der Waals surface area contributed by atoms with Crippen molar-refractivity contribution in [1.29, 1.82) is 0 Å². The van der Waals surface area contributed by atoms with Gasteiger partial charge in [0.05, 0.1) is 19.3 Å². The van der Waals surface area contributed by atoms with Crippen LogP contribution in [0.25, 0.3) is 0 Å². The first-order valence-electron chi connectivity index (χ1n) is 6.44. The molecule has 2 fully saturated rings. The fraction of sp³-hybridized carbons (Fsp3) is 0.833. The number of carboxylic acid groups (broad SMARTS) is 1.